The molecule has 19 heavy (non-hydrogen) atoms. The molecule has 0 aromatic heterocycles. The van der Waals surface area contributed by atoms with Crippen molar-refractivity contribution in [3.05, 3.63) is 17.9 Å². The summed E-state index contributed by atoms with van der Waals surface area (Å²) in [6, 6.07) is 2.81. The van der Waals surface area contributed by atoms with E-state index >= 15 is 0 Å². The Morgan fingerprint density at radius 2 is 2.21 bits per heavy atom. The highest BCUT2D eigenvalue weighted by molar-refractivity contribution is 5.68. The van der Waals surface area contributed by atoms with Crippen molar-refractivity contribution in [2.75, 3.05) is 24.2 Å². The lowest BCUT2D eigenvalue weighted by Crippen LogP contribution is -2.43. The van der Waals surface area contributed by atoms with E-state index in [4.69, 9.17) is 10.5 Å². The van der Waals surface area contributed by atoms with E-state index in [0.29, 0.717) is 24.5 Å². The number of aliphatic hydroxyl groups is 1. The van der Waals surface area contributed by atoms with E-state index in [1.54, 1.807) is 6.07 Å². The first-order valence-corrected chi connectivity index (χ1v) is 6.72. The Kier molecular flexibility index (Phi) is 4.14. The molecule has 1 aliphatic carbocycles. The number of ether oxygens (including phenoxy) is 1. The standard InChI is InChI=1S/C14H21FN2O2/c1-2-6-19-13-8-12(11(16)7-10(13)15)17-9-14(18)4-3-5-14/h7-8,17-18H,2-6,9,16H2,1H3. The molecule has 0 radical (unpaired) electrons. The smallest absolute Gasteiger partial charge is 0.167 e. The monoisotopic (exact) mass is 268 g/mol. The zero-order chi connectivity index (χ0) is 13.9. The van der Waals surface area contributed by atoms with Gasteiger partial charge in [0.15, 0.2) is 11.6 Å². The first kappa shape index (κ1) is 13.9. The second-order valence-electron chi connectivity index (χ2n) is 5.15. The van der Waals surface area contributed by atoms with Crippen molar-refractivity contribution in [3.63, 3.8) is 0 Å². The van der Waals surface area contributed by atoms with Gasteiger partial charge in [-0.3, -0.25) is 0 Å². The van der Waals surface area contributed by atoms with Gasteiger partial charge in [0.1, 0.15) is 0 Å². The number of nitrogen functional groups attached to an aromatic ring is 1. The molecule has 0 spiro atoms. The summed E-state index contributed by atoms with van der Waals surface area (Å²) in [6.07, 6.45) is 3.44. The summed E-state index contributed by atoms with van der Waals surface area (Å²) in [6.45, 7) is 2.85. The van der Waals surface area contributed by atoms with Crippen molar-refractivity contribution in [1.82, 2.24) is 0 Å². The van der Waals surface area contributed by atoms with Crippen LogP contribution in [0, 0.1) is 5.82 Å². The van der Waals surface area contributed by atoms with Gasteiger partial charge in [0.25, 0.3) is 0 Å². The number of anilines is 2. The highest BCUT2D eigenvalue weighted by Crippen LogP contribution is 2.33. The number of benzene rings is 1. The molecular weight excluding hydrogens is 247 g/mol. The maximum atomic E-state index is 13.6. The minimum atomic E-state index is -0.648. The number of rotatable bonds is 6. The molecule has 0 bridgehead atoms. The van der Waals surface area contributed by atoms with Crippen molar-refractivity contribution >= 4 is 11.4 Å². The first-order chi connectivity index (χ1) is 9.04. The van der Waals surface area contributed by atoms with Crippen molar-refractivity contribution in [2.45, 2.75) is 38.2 Å². The van der Waals surface area contributed by atoms with Gasteiger partial charge < -0.3 is 20.9 Å². The Bertz CT molecular complexity index is 447. The minimum Gasteiger partial charge on any atom is -0.490 e. The molecule has 2 rings (SSSR count). The fourth-order valence-electron chi connectivity index (χ4n) is 2.07. The van der Waals surface area contributed by atoms with Gasteiger partial charge in [-0.2, -0.15) is 0 Å². The number of nitrogens with two attached hydrogens (primary N) is 1. The van der Waals surface area contributed by atoms with Crippen LogP contribution in [0.1, 0.15) is 32.6 Å². The van der Waals surface area contributed by atoms with Crippen LogP contribution < -0.4 is 15.8 Å². The summed E-state index contributed by atoms with van der Waals surface area (Å²) in [5.74, 6) is -0.266. The van der Waals surface area contributed by atoms with Gasteiger partial charge >= 0.3 is 0 Å². The van der Waals surface area contributed by atoms with Gasteiger partial charge in [-0.05, 0) is 25.7 Å². The average molecular weight is 268 g/mol. The molecule has 4 N–H and O–H groups in total. The molecule has 0 aliphatic heterocycles. The lowest BCUT2D eigenvalue weighted by Gasteiger charge is -2.37. The third kappa shape index (κ3) is 3.29. The minimum absolute atomic E-state index is 0.194. The van der Waals surface area contributed by atoms with Crippen LogP contribution in [0.15, 0.2) is 12.1 Å². The van der Waals surface area contributed by atoms with E-state index in [1.807, 2.05) is 6.92 Å². The predicted molar refractivity (Wildman–Crippen MR) is 73.9 cm³/mol. The zero-order valence-corrected chi connectivity index (χ0v) is 11.2. The van der Waals surface area contributed by atoms with Crippen LogP contribution in [-0.2, 0) is 0 Å². The van der Waals surface area contributed by atoms with Crippen LogP contribution >= 0.6 is 0 Å². The number of nitrogens with one attached hydrogen (secondary N) is 1. The molecular formula is C14H21FN2O2. The third-order valence-electron chi connectivity index (χ3n) is 3.46. The van der Waals surface area contributed by atoms with E-state index in [-0.39, 0.29) is 5.75 Å². The van der Waals surface area contributed by atoms with E-state index in [1.165, 1.54) is 6.07 Å². The molecule has 1 aromatic carbocycles. The summed E-state index contributed by atoms with van der Waals surface area (Å²) >= 11 is 0. The number of hydrogen-bond acceptors (Lipinski definition) is 4. The molecule has 0 amide bonds. The second kappa shape index (κ2) is 5.65. The normalized spacial score (nSPS) is 16.8. The largest absolute Gasteiger partial charge is 0.490 e. The lowest BCUT2D eigenvalue weighted by atomic mass is 9.80. The predicted octanol–water partition coefficient (Wildman–Crippen LogP) is 2.52. The first-order valence-electron chi connectivity index (χ1n) is 6.72. The lowest BCUT2D eigenvalue weighted by molar-refractivity contribution is -0.0201. The van der Waals surface area contributed by atoms with Crippen LogP contribution in [0.2, 0.25) is 0 Å². The fraction of sp³-hybridized carbons (Fsp3) is 0.571. The summed E-state index contributed by atoms with van der Waals surface area (Å²) in [7, 11) is 0. The van der Waals surface area contributed by atoms with E-state index in [2.05, 4.69) is 5.32 Å². The van der Waals surface area contributed by atoms with E-state index in [9.17, 15) is 9.50 Å². The Balaban J connectivity index is 2.05. The molecule has 5 heteroatoms. The number of hydrogen-bond donors (Lipinski definition) is 3. The van der Waals surface area contributed by atoms with Crippen LogP contribution in [0.3, 0.4) is 0 Å². The van der Waals surface area contributed by atoms with Crippen LogP contribution in [0.4, 0.5) is 15.8 Å². The Hall–Kier alpha value is -1.49. The zero-order valence-electron chi connectivity index (χ0n) is 11.2. The average Bonchev–Trinajstić information content (AvgIpc) is 2.34. The Labute approximate surface area is 112 Å². The van der Waals surface area contributed by atoms with Crippen LogP contribution in [0.25, 0.3) is 0 Å². The summed E-state index contributed by atoms with van der Waals surface area (Å²) < 4.78 is 18.9. The highest BCUT2D eigenvalue weighted by Gasteiger charge is 2.34. The third-order valence-corrected chi connectivity index (χ3v) is 3.46. The molecule has 0 atom stereocenters. The van der Waals surface area contributed by atoms with Gasteiger partial charge in [-0.1, -0.05) is 6.92 Å². The maximum absolute atomic E-state index is 13.6. The topological polar surface area (TPSA) is 67.5 Å². The molecule has 106 valence electrons. The van der Waals surface area contributed by atoms with Gasteiger partial charge in [0.2, 0.25) is 0 Å². The molecule has 1 aliphatic rings. The summed E-state index contributed by atoms with van der Waals surface area (Å²) in [5.41, 5.74) is 6.05. The second-order valence-corrected chi connectivity index (χ2v) is 5.15. The van der Waals surface area contributed by atoms with Gasteiger partial charge in [-0.15, -0.1) is 0 Å². The summed E-state index contributed by atoms with van der Waals surface area (Å²) in [5, 5.41) is 13.1. The van der Waals surface area contributed by atoms with Crippen LogP contribution in [-0.4, -0.2) is 23.9 Å². The van der Waals surface area contributed by atoms with Crippen molar-refractivity contribution in [3.8, 4) is 5.75 Å². The highest BCUT2D eigenvalue weighted by atomic mass is 19.1. The van der Waals surface area contributed by atoms with Crippen molar-refractivity contribution in [1.29, 1.82) is 0 Å². The molecule has 0 heterocycles. The molecule has 0 saturated heterocycles. The van der Waals surface area contributed by atoms with Gasteiger partial charge in [0, 0.05) is 18.7 Å². The maximum Gasteiger partial charge on any atom is 0.167 e. The molecule has 1 saturated carbocycles. The Morgan fingerprint density at radius 1 is 1.47 bits per heavy atom. The van der Waals surface area contributed by atoms with Gasteiger partial charge in [0.05, 0.1) is 23.6 Å². The Morgan fingerprint density at radius 3 is 2.79 bits per heavy atom. The molecule has 1 aromatic rings. The van der Waals surface area contributed by atoms with Crippen molar-refractivity contribution < 1.29 is 14.2 Å². The SMILES string of the molecule is CCCOc1cc(NCC2(O)CCC2)c(N)cc1F. The van der Waals surface area contributed by atoms with Crippen LogP contribution in [0.5, 0.6) is 5.75 Å². The molecule has 4 nitrogen and oxygen atoms in total. The van der Waals surface area contributed by atoms with Crippen molar-refractivity contribution in [2.24, 2.45) is 0 Å². The summed E-state index contributed by atoms with van der Waals surface area (Å²) in [4.78, 5) is 0. The fourth-order valence-corrected chi connectivity index (χ4v) is 2.07. The van der Waals surface area contributed by atoms with Gasteiger partial charge in [-0.25, -0.2) is 4.39 Å². The quantitative estimate of drug-likeness (QED) is 0.693. The molecule has 0 unspecified atom stereocenters. The molecule has 1 fully saturated rings. The van der Waals surface area contributed by atoms with E-state index in [0.717, 1.165) is 25.7 Å². The van der Waals surface area contributed by atoms with E-state index < -0.39 is 11.4 Å². The number of halogens is 1.